The number of rotatable bonds is 8. The molecule has 3 aromatic rings. The molecule has 2 fully saturated rings. The average molecular weight is 460 g/mol. The van der Waals surface area contributed by atoms with E-state index in [-0.39, 0.29) is 11.8 Å². The lowest BCUT2D eigenvalue weighted by Gasteiger charge is -2.23. The molecule has 5 rings (SSSR count). The van der Waals surface area contributed by atoms with Gasteiger partial charge in [-0.2, -0.15) is 0 Å². The number of hydrogen-bond acceptors (Lipinski definition) is 4. The summed E-state index contributed by atoms with van der Waals surface area (Å²) in [5.74, 6) is 0.133. The van der Waals surface area contributed by atoms with E-state index in [2.05, 4.69) is 36.5 Å². The standard InChI is InChI=1S/C27H29N3O2S/c1-17-3-7-20(8-4-17)26-24(33-18(2)28-26)15-25(31)30(23-13-14-23)16-19-5-9-21(10-6-19)27(32)29-22-11-12-22/h3-10,22-23H,11-16H2,1-2H3,(H,29,32). The maximum absolute atomic E-state index is 13.4. The number of thiazole rings is 1. The number of nitrogens with zero attached hydrogens (tertiary/aromatic N) is 2. The maximum Gasteiger partial charge on any atom is 0.251 e. The van der Waals surface area contributed by atoms with Crippen LogP contribution in [0.4, 0.5) is 0 Å². The third-order valence-electron chi connectivity index (χ3n) is 6.23. The molecular weight excluding hydrogens is 430 g/mol. The zero-order valence-electron chi connectivity index (χ0n) is 19.1. The molecule has 0 bridgehead atoms. The van der Waals surface area contributed by atoms with Crippen molar-refractivity contribution in [2.75, 3.05) is 0 Å². The van der Waals surface area contributed by atoms with Gasteiger partial charge in [-0.15, -0.1) is 11.3 Å². The molecule has 2 saturated carbocycles. The van der Waals surface area contributed by atoms with Gasteiger partial charge in [0.2, 0.25) is 5.91 Å². The summed E-state index contributed by atoms with van der Waals surface area (Å²) >= 11 is 1.61. The Labute approximate surface area is 198 Å². The molecule has 0 spiro atoms. The summed E-state index contributed by atoms with van der Waals surface area (Å²) in [7, 11) is 0. The van der Waals surface area contributed by atoms with Crippen LogP contribution in [0.15, 0.2) is 48.5 Å². The maximum atomic E-state index is 13.4. The smallest absolute Gasteiger partial charge is 0.251 e. The van der Waals surface area contributed by atoms with Crippen molar-refractivity contribution in [3.05, 3.63) is 75.1 Å². The number of carbonyl (C=O) groups is 2. The lowest BCUT2D eigenvalue weighted by molar-refractivity contribution is -0.131. The number of aryl methyl sites for hydroxylation is 2. The first-order valence-electron chi connectivity index (χ1n) is 11.7. The normalized spacial score (nSPS) is 15.3. The van der Waals surface area contributed by atoms with Gasteiger partial charge in [0.05, 0.1) is 17.1 Å². The number of nitrogens with one attached hydrogen (secondary N) is 1. The second-order valence-electron chi connectivity index (χ2n) is 9.24. The Kier molecular flexibility index (Phi) is 6.02. The monoisotopic (exact) mass is 459 g/mol. The zero-order valence-corrected chi connectivity index (χ0v) is 20.0. The molecule has 2 aromatic carbocycles. The van der Waals surface area contributed by atoms with Crippen molar-refractivity contribution in [2.24, 2.45) is 0 Å². The fourth-order valence-electron chi connectivity index (χ4n) is 4.03. The molecule has 6 heteroatoms. The number of amides is 2. The van der Waals surface area contributed by atoms with Crippen LogP contribution in [0.5, 0.6) is 0 Å². The average Bonchev–Trinajstić information content (AvgIpc) is 3.73. The van der Waals surface area contributed by atoms with E-state index in [1.807, 2.05) is 36.1 Å². The molecule has 5 nitrogen and oxygen atoms in total. The fourth-order valence-corrected chi connectivity index (χ4v) is 4.98. The van der Waals surface area contributed by atoms with Crippen molar-refractivity contribution in [3.8, 4) is 11.3 Å². The highest BCUT2D eigenvalue weighted by Crippen LogP contribution is 2.32. The van der Waals surface area contributed by atoms with Crippen LogP contribution in [0.25, 0.3) is 11.3 Å². The molecule has 0 saturated heterocycles. The van der Waals surface area contributed by atoms with Crippen LogP contribution in [-0.4, -0.2) is 33.8 Å². The molecule has 170 valence electrons. The summed E-state index contributed by atoms with van der Waals surface area (Å²) < 4.78 is 0. The van der Waals surface area contributed by atoms with E-state index in [9.17, 15) is 9.59 Å². The summed E-state index contributed by atoms with van der Waals surface area (Å²) in [6, 6.07) is 16.7. The molecular formula is C27H29N3O2S. The Balaban J connectivity index is 1.29. The molecule has 2 aliphatic carbocycles. The molecule has 2 amide bonds. The van der Waals surface area contributed by atoms with E-state index < -0.39 is 0 Å². The third kappa shape index (κ3) is 5.33. The lowest BCUT2D eigenvalue weighted by atomic mass is 10.1. The van der Waals surface area contributed by atoms with Crippen LogP contribution in [0.3, 0.4) is 0 Å². The third-order valence-corrected chi connectivity index (χ3v) is 7.20. The summed E-state index contributed by atoms with van der Waals surface area (Å²) in [6.45, 7) is 4.64. The van der Waals surface area contributed by atoms with Gasteiger partial charge in [-0.05, 0) is 57.2 Å². The van der Waals surface area contributed by atoms with E-state index in [4.69, 9.17) is 4.98 Å². The van der Waals surface area contributed by atoms with E-state index in [0.29, 0.717) is 30.6 Å². The van der Waals surface area contributed by atoms with Crippen molar-refractivity contribution < 1.29 is 9.59 Å². The molecule has 0 aliphatic heterocycles. The van der Waals surface area contributed by atoms with Crippen LogP contribution in [-0.2, 0) is 17.8 Å². The number of carbonyl (C=O) groups excluding carboxylic acids is 2. The predicted octanol–water partition coefficient (Wildman–Crippen LogP) is 5.05. The minimum atomic E-state index is -0.0108. The van der Waals surface area contributed by atoms with Crippen LogP contribution in [0.2, 0.25) is 0 Å². The van der Waals surface area contributed by atoms with Gasteiger partial charge in [-0.1, -0.05) is 42.0 Å². The second-order valence-corrected chi connectivity index (χ2v) is 10.5. The summed E-state index contributed by atoms with van der Waals surface area (Å²) in [5.41, 5.74) is 4.92. The minimum absolute atomic E-state index is 0.0108. The number of benzene rings is 2. The second kappa shape index (κ2) is 9.10. The van der Waals surface area contributed by atoms with E-state index in [1.54, 1.807) is 11.3 Å². The van der Waals surface area contributed by atoms with Crippen LogP contribution >= 0.6 is 11.3 Å². The molecule has 1 aromatic heterocycles. The SMILES string of the molecule is Cc1ccc(-c2nc(C)sc2CC(=O)N(Cc2ccc(C(=O)NC3CC3)cc2)C2CC2)cc1. The van der Waals surface area contributed by atoms with Gasteiger partial charge in [-0.25, -0.2) is 4.98 Å². The molecule has 2 aliphatic rings. The molecule has 0 atom stereocenters. The molecule has 33 heavy (non-hydrogen) atoms. The summed E-state index contributed by atoms with van der Waals surface area (Å²) in [4.78, 5) is 33.4. The van der Waals surface area contributed by atoms with Gasteiger partial charge in [0, 0.05) is 34.6 Å². The van der Waals surface area contributed by atoms with Crippen LogP contribution in [0, 0.1) is 13.8 Å². The lowest BCUT2D eigenvalue weighted by Crippen LogP contribution is -2.33. The van der Waals surface area contributed by atoms with Gasteiger partial charge >= 0.3 is 0 Å². The van der Waals surface area contributed by atoms with E-state index >= 15 is 0 Å². The van der Waals surface area contributed by atoms with Gasteiger partial charge in [0.15, 0.2) is 0 Å². The Morgan fingerprint density at radius 3 is 2.33 bits per heavy atom. The Hall–Kier alpha value is -2.99. The van der Waals surface area contributed by atoms with E-state index in [0.717, 1.165) is 52.4 Å². The molecule has 1 heterocycles. The first-order chi connectivity index (χ1) is 16.0. The number of aromatic nitrogens is 1. The van der Waals surface area contributed by atoms with Crippen LogP contribution in [0.1, 0.15) is 57.1 Å². The Bertz CT molecular complexity index is 1160. The van der Waals surface area contributed by atoms with Crippen molar-refractivity contribution in [2.45, 2.75) is 64.6 Å². The highest BCUT2D eigenvalue weighted by molar-refractivity contribution is 7.12. The highest BCUT2D eigenvalue weighted by Gasteiger charge is 2.33. The van der Waals surface area contributed by atoms with Crippen LogP contribution < -0.4 is 5.32 Å². The van der Waals surface area contributed by atoms with Crippen molar-refractivity contribution in [1.29, 1.82) is 0 Å². The number of hydrogen-bond donors (Lipinski definition) is 1. The summed E-state index contributed by atoms with van der Waals surface area (Å²) in [5, 5.41) is 4.00. The molecule has 0 unspecified atom stereocenters. The first-order valence-corrected chi connectivity index (χ1v) is 12.5. The Morgan fingerprint density at radius 2 is 1.70 bits per heavy atom. The molecule has 0 radical (unpaired) electrons. The van der Waals surface area contributed by atoms with Gasteiger partial charge < -0.3 is 10.2 Å². The summed E-state index contributed by atoms with van der Waals surface area (Å²) in [6.07, 6.45) is 4.63. The molecule has 1 N–H and O–H groups in total. The quantitative estimate of drug-likeness (QED) is 0.513. The van der Waals surface area contributed by atoms with Gasteiger partial charge in [0.1, 0.15) is 0 Å². The van der Waals surface area contributed by atoms with Crippen molar-refractivity contribution in [1.82, 2.24) is 15.2 Å². The Morgan fingerprint density at radius 1 is 1.00 bits per heavy atom. The van der Waals surface area contributed by atoms with Crippen molar-refractivity contribution in [3.63, 3.8) is 0 Å². The highest BCUT2D eigenvalue weighted by atomic mass is 32.1. The van der Waals surface area contributed by atoms with E-state index in [1.165, 1.54) is 5.56 Å². The predicted molar refractivity (Wildman–Crippen MR) is 131 cm³/mol. The van der Waals surface area contributed by atoms with Gasteiger partial charge in [0.25, 0.3) is 5.91 Å². The topological polar surface area (TPSA) is 62.3 Å². The fraction of sp³-hybridized carbons (Fsp3) is 0.370. The minimum Gasteiger partial charge on any atom is -0.349 e. The zero-order chi connectivity index (χ0) is 22.9. The largest absolute Gasteiger partial charge is 0.349 e. The van der Waals surface area contributed by atoms with Gasteiger partial charge in [-0.3, -0.25) is 9.59 Å². The van der Waals surface area contributed by atoms with Crippen molar-refractivity contribution >= 4 is 23.2 Å². The first kappa shape index (κ1) is 21.8.